The van der Waals surface area contributed by atoms with Crippen LogP contribution in [-0.2, 0) is 9.53 Å². The number of nitrogens with zero attached hydrogens (tertiary/aromatic N) is 2. The third-order valence-electron chi connectivity index (χ3n) is 5.65. The van der Waals surface area contributed by atoms with E-state index in [1.807, 2.05) is 0 Å². The topological polar surface area (TPSA) is 104 Å². The second-order valence-electron chi connectivity index (χ2n) is 7.83. The molecule has 0 saturated carbocycles. The van der Waals surface area contributed by atoms with E-state index in [1.165, 1.54) is 25.5 Å². The van der Waals surface area contributed by atoms with Crippen molar-refractivity contribution in [2.45, 2.75) is 56.8 Å². The largest absolute Gasteiger partial charge is 0.394 e. The first-order valence-electron chi connectivity index (χ1n) is 10.6. The van der Waals surface area contributed by atoms with E-state index in [-0.39, 0.29) is 37.0 Å². The lowest BCUT2D eigenvalue weighted by atomic mass is 9.96. The van der Waals surface area contributed by atoms with E-state index >= 15 is 0 Å². The summed E-state index contributed by atoms with van der Waals surface area (Å²) in [5.74, 6) is -0.263. The highest BCUT2D eigenvalue weighted by molar-refractivity contribution is 5.94. The fourth-order valence-electron chi connectivity index (χ4n) is 4.01. The van der Waals surface area contributed by atoms with Crippen LogP contribution in [0.3, 0.4) is 0 Å². The number of aliphatic hydroxyl groups is 1. The van der Waals surface area contributed by atoms with Gasteiger partial charge in [-0.1, -0.05) is 6.42 Å². The van der Waals surface area contributed by atoms with E-state index in [0.29, 0.717) is 24.9 Å². The van der Waals surface area contributed by atoms with Crippen LogP contribution in [0.5, 0.6) is 0 Å². The fraction of sp³-hybridized carbons (Fsp3) is 0.667. The van der Waals surface area contributed by atoms with Crippen LogP contribution >= 0.6 is 0 Å². The lowest BCUT2D eigenvalue weighted by Crippen LogP contribution is -2.51. The minimum Gasteiger partial charge on any atom is -0.394 e. The summed E-state index contributed by atoms with van der Waals surface area (Å²) in [7, 11) is 0. The molecule has 3 atom stereocenters. The maximum Gasteiger partial charge on any atom is 0.253 e. The van der Waals surface area contributed by atoms with Gasteiger partial charge in [0.15, 0.2) is 0 Å². The predicted octanol–water partition coefficient (Wildman–Crippen LogP) is 0.712. The van der Waals surface area contributed by atoms with Gasteiger partial charge >= 0.3 is 0 Å². The number of amides is 2. The molecule has 3 heterocycles. The number of carbonyl (C=O) groups excluding carboxylic acids is 2. The molecule has 0 radical (unpaired) electrons. The molecule has 0 aromatic carbocycles. The Morgan fingerprint density at radius 1 is 1.24 bits per heavy atom. The Balaban J connectivity index is 1.39. The average Bonchev–Trinajstić information content (AvgIpc) is 2.76. The van der Waals surface area contributed by atoms with E-state index in [4.69, 9.17) is 4.74 Å². The zero-order valence-corrected chi connectivity index (χ0v) is 16.9. The highest BCUT2D eigenvalue weighted by Gasteiger charge is 2.33. The van der Waals surface area contributed by atoms with Crippen molar-refractivity contribution in [1.29, 1.82) is 0 Å². The number of aromatic nitrogens is 1. The van der Waals surface area contributed by atoms with Gasteiger partial charge in [0, 0.05) is 25.5 Å². The lowest BCUT2D eigenvalue weighted by Gasteiger charge is -2.36. The number of likely N-dealkylation sites (tertiary alicyclic amines) is 1. The van der Waals surface area contributed by atoms with Crippen LogP contribution in [-0.4, -0.2) is 77.8 Å². The van der Waals surface area contributed by atoms with Crippen molar-refractivity contribution in [3.05, 3.63) is 30.1 Å². The standard InChI is InChI=1S/C21H32N4O4/c26-15-19-18(24-21(28)16-5-4-8-22-14-16)7-6-17(29-19)13-20(27)23-9-12-25-10-2-1-3-11-25/h4-5,8,14,17-19,26H,1-3,6-7,9-13,15H2,(H,23,27)(H,24,28)/t17-,18-,19+/m0/s1. The molecule has 8 nitrogen and oxygen atoms in total. The van der Waals surface area contributed by atoms with E-state index in [0.717, 1.165) is 19.6 Å². The van der Waals surface area contributed by atoms with Gasteiger partial charge in [-0.25, -0.2) is 0 Å². The third kappa shape index (κ3) is 6.76. The predicted molar refractivity (Wildman–Crippen MR) is 108 cm³/mol. The zero-order chi connectivity index (χ0) is 20.5. The van der Waals surface area contributed by atoms with E-state index in [2.05, 4.69) is 20.5 Å². The first-order valence-corrected chi connectivity index (χ1v) is 10.6. The van der Waals surface area contributed by atoms with Gasteiger partial charge in [-0.15, -0.1) is 0 Å². The first-order chi connectivity index (χ1) is 14.2. The van der Waals surface area contributed by atoms with Crippen LogP contribution in [0.2, 0.25) is 0 Å². The van der Waals surface area contributed by atoms with Gasteiger partial charge in [-0.3, -0.25) is 14.6 Å². The van der Waals surface area contributed by atoms with Crippen LogP contribution in [0, 0.1) is 0 Å². The number of nitrogens with one attached hydrogen (secondary N) is 2. The number of pyridine rings is 1. The molecule has 29 heavy (non-hydrogen) atoms. The minimum absolute atomic E-state index is 0.0263. The average molecular weight is 405 g/mol. The summed E-state index contributed by atoms with van der Waals surface area (Å²) in [6.45, 7) is 3.57. The van der Waals surface area contributed by atoms with Gasteiger partial charge in [0.1, 0.15) is 6.10 Å². The smallest absolute Gasteiger partial charge is 0.253 e. The molecule has 0 spiro atoms. The monoisotopic (exact) mass is 404 g/mol. The normalized spacial score (nSPS) is 25.3. The Labute approximate surface area is 172 Å². The molecule has 2 fully saturated rings. The molecule has 2 aliphatic heterocycles. The van der Waals surface area contributed by atoms with Gasteiger partial charge in [0.25, 0.3) is 5.91 Å². The molecular formula is C21H32N4O4. The molecule has 0 aliphatic carbocycles. The summed E-state index contributed by atoms with van der Waals surface area (Å²) in [5.41, 5.74) is 0.472. The number of carbonyl (C=O) groups is 2. The maximum atomic E-state index is 12.3. The summed E-state index contributed by atoms with van der Waals surface area (Å²) in [6.07, 6.45) is 7.73. The van der Waals surface area contributed by atoms with Crippen molar-refractivity contribution in [3.8, 4) is 0 Å². The molecule has 2 saturated heterocycles. The summed E-state index contributed by atoms with van der Waals surface area (Å²) in [4.78, 5) is 30.9. The first kappa shape index (κ1) is 21.7. The number of rotatable bonds is 8. The number of hydrogen-bond donors (Lipinski definition) is 3. The summed E-state index contributed by atoms with van der Waals surface area (Å²) >= 11 is 0. The van der Waals surface area contributed by atoms with Crippen molar-refractivity contribution < 1.29 is 19.4 Å². The van der Waals surface area contributed by atoms with Crippen molar-refractivity contribution in [3.63, 3.8) is 0 Å². The quantitative estimate of drug-likeness (QED) is 0.590. The molecular weight excluding hydrogens is 372 g/mol. The number of hydrogen-bond acceptors (Lipinski definition) is 6. The van der Waals surface area contributed by atoms with Crippen molar-refractivity contribution in [2.24, 2.45) is 0 Å². The van der Waals surface area contributed by atoms with Gasteiger partial charge in [0.2, 0.25) is 5.91 Å². The zero-order valence-electron chi connectivity index (χ0n) is 16.9. The molecule has 1 aromatic heterocycles. The van der Waals surface area contributed by atoms with Crippen molar-refractivity contribution in [1.82, 2.24) is 20.5 Å². The lowest BCUT2D eigenvalue weighted by molar-refractivity contribution is -0.130. The Kier molecular flexibility index (Phi) is 8.39. The molecule has 3 rings (SSSR count). The molecule has 0 unspecified atom stereocenters. The maximum absolute atomic E-state index is 12.3. The van der Waals surface area contributed by atoms with E-state index in [1.54, 1.807) is 18.3 Å². The second kappa shape index (κ2) is 11.2. The number of ether oxygens (including phenoxy) is 1. The van der Waals surface area contributed by atoms with Gasteiger partial charge in [-0.05, 0) is 50.9 Å². The van der Waals surface area contributed by atoms with Crippen LogP contribution in [0.25, 0.3) is 0 Å². The summed E-state index contributed by atoms with van der Waals surface area (Å²) < 4.78 is 5.90. The fourth-order valence-corrected chi connectivity index (χ4v) is 4.01. The van der Waals surface area contributed by atoms with Gasteiger partial charge in [-0.2, -0.15) is 0 Å². The highest BCUT2D eigenvalue weighted by atomic mass is 16.5. The SMILES string of the molecule is O=C(C[C@@H]1CC[C@H](NC(=O)c2cccnc2)[C@@H](CO)O1)NCCN1CCCCC1. The van der Waals surface area contributed by atoms with Crippen molar-refractivity contribution in [2.75, 3.05) is 32.8 Å². The Bertz CT molecular complexity index is 651. The summed E-state index contributed by atoms with van der Waals surface area (Å²) in [5, 5.41) is 15.6. The van der Waals surface area contributed by atoms with Crippen molar-refractivity contribution >= 4 is 11.8 Å². The van der Waals surface area contributed by atoms with Gasteiger partial charge in [0.05, 0.1) is 30.7 Å². The minimum atomic E-state index is -0.518. The molecule has 160 valence electrons. The number of piperidine rings is 1. The van der Waals surface area contributed by atoms with Crippen LogP contribution in [0.1, 0.15) is 48.9 Å². The highest BCUT2D eigenvalue weighted by Crippen LogP contribution is 2.22. The van der Waals surface area contributed by atoms with E-state index < -0.39 is 6.10 Å². The summed E-state index contributed by atoms with van der Waals surface area (Å²) in [6, 6.07) is 3.11. The molecule has 8 heteroatoms. The second-order valence-corrected chi connectivity index (χ2v) is 7.83. The number of aliphatic hydroxyl groups excluding tert-OH is 1. The molecule has 2 aliphatic rings. The van der Waals surface area contributed by atoms with Crippen LogP contribution in [0.4, 0.5) is 0 Å². The van der Waals surface area contributed by atoms with Crippen LogP contribution < -0.4 is 10.6 Å². The molecule has 2 amide bonds. The Morgan fingerprint density at radius 2 is 2.07 bits per heavy atom. The molecule has 3 N–H and O–H groups in total. The molecule has 0 bridgehead atoms. The Hall–Kier alpha value is -2.03. The molecule has 1 aromatic rings. The third-order valence-corrected chi connectivity index (χ3v) is 5.65. The van der Waals surface area contributed by atoms with E-state index in [9.17, 15) is 14.7 Å². The Morgan fingerprint density at radius 3 is 2.79 bits per heavy atom. The van der Waals surface area contributed by atoms with Crippen LogP contribution in [0.15, 0.2) is 24.5 Å². The van der Waals surface area contributed by atoms with Gasteiger partial charge < -0.3 is 25.4 Å².